The number of aromatic amines is 1. The van der Waals surface area contributed by atoms with Crippen LogP contribution in [0.25, 0.3) is 0 Å². The van der Waals surface area contributed by atoms with Crippen LogP contribution in [0.5, 0.6) is 0 Å². The molecule has 1 atom stereocenters. The number of amides is 1. The number of rotatable bonds is 6. The predicted molar refractivity (Wildman–Crippen MR) is 102 cm³/mol. The number of nitrogens with zero attached hydrogens (tertiary/aromatic N) is 3. The molecular formula is C19H31N5O2. The second kappa shape index (κ2) is 9.16. The van der Waals surface area contributed by atoms with Crippen molar-refractivity contribution in [2.75, 3.05) is 38.1 Å². The van der Waals surface area contributed by atoms with Gasteiger partial charge in [-0.2, -0.15) is 5.10 Å². The van der Waals surface area contributed by atoms with Crippen LogP contribution in [0.4, 0.5) is 5.69 Å². The summed E-state index contributed by atoms with van der Waals surface area (Å²) in [7, 11) is 2.17. The van der Waals surface area contributed by atoms with Crippen molar-refractivity contribution in [3.8, 4) is 0 Å². The van der Waals surface area contributed by atoms with Gasteiger partial charge in [0, 0.05) is 38.3 Å². The molecule has 7 heteroatoms. The van der Waals surface area contributed by atoms with E-state index >= 15 is 0 Å². The molecule has 7 nitrogen and oxygen atoms in total. The van der Waals surface area contributed by atoms with Crippen LogP contribution in [0.2, 0.25) is 0 Å². The molecule has 2 fully saturated rings. The molecule has 2 aliphatic rings. The number of carbonyl (C=O) groups excluding carboxylic acids is 1. The molecule has 2 N–H and O–H groups in total. The summed E-state index contributed by atoms with van der Waals surface area (Å²) in [6, 6.07) is 2.22. The Hall–Kier alpha value is -1.89. The van der Waals surface area contributed by atoms with E-state index in [2.05, 4.69) is 32.4 Å². The van der Waals surface area contributed by atoms with Crippen LogP contribution in [-0.4, -0.2) is 60.3 Å². The van der Waals surface area contributed by atoms with E-state index in [4.69, 9.17) is 0 Å². The summed E-state index contributed by atoms with van der Waals surface area (Å²) >= 11 is 0. The fraction of sp³-hybridized carbons (Fsp3) is 0.737. The molecule has 0 bridgehead atoms. The summed E-state index contributed by atoms with van der Waals surface area (Å²) in [4.78, 5) is 28.5. The van der Waals surface area contributed by atoms with Gasteiger partial charge in [0.1, 0.15) is 0 Å². The average Bonchev–Trinajstić information content (AvgIpc) is 2.68. The standard InChI is InChI=1S/C19H31N5O2/c1-23(16-7-3-2-4-8-16)11-9-20-19(26)15-6-5-10-24(14-15)17-12-18(25)22-21-13-17/h12-13,15-16H,2-11,14H2,1H3,(H,20,26)(H,22,25)/t15-/m1/s1. The van der Waals surface area contributed by atoms with Gasteiger partial charge in [-0.05, 0) is 32.7 Å². The monoisotopic (exact) mass is 361 g/mol. The largest absolute Gasteiger partial charge is 0.369 e. The van der Waals surface area contributed by atoms with Crippen LogP contribution in [0.1, 0.15) is 44.9 Å². The van der Waals surface area contributed by atoms with Crippen LogP contribution < -0.4 is 15.8 Å². The number of H-pyrrole nitrogens is 1. The summed E-state index contributed by atoms with van der Waals surface area (Å²) in [6.07, 6.45) is 10.1. The summed E-state index contributed by atoms with van der Waals surface area (Å²) in [6.45, 7) is 3.12. The first-order valence-corrected chi connectivity index (χ1v) is 9.91. The molecule has 2 heterocycles. The van der Waals surface area contributed by atoms with E-state index in [0.717, 1.165) is 31.6 Å². The van der Waals surface area contributed by atoms with E-state index in [9.17, 15) is 9.59 Å². The van der Waals surface area contributed by atoms with E-state index in [-0.39, 0.29) is 17.4 Å². The Bertz CT molecular complexity index is 641. The smallest absolute Gasteiger partial charge is 0.266 e. The third kappa shape index (κ3) is 5.06. The Morgan fingerprint density at radius 1 is 1.31 bits per heavy atom. The lowest BCUT2D eigenvalue weighted by Gasteiger charge is -2.34. The fourth-order valence-electron chi connectivity index (χ4n) is 4.17. The third-order valence-corrected chi connectivity index (χ3v) is 5.77. The van der Waals surface area contributed by atoms with Crippen LogP contribution in [0.15, 0.2) is 17.1 Å². The summed E-state index contributed by atoms with van der Waals surface area (Å²) in [5.74, 6) is 0.104. The molecule has 0 spiro atoms. The number of carbonyl (C=O) groups is 1. The molecule has 1 aliphatic heterocycles. The van der Waals surface area contributed by atoms with Crippen molar-refractivity contribution in [1.82, 2.24) is 20.4 Å². The Morgan fingerprint density at radius 2 is 2.12 bits per heavy atom. The minimum atomic E-state index is -0.208. The molecular weight excluding hydrogens is 330 g/mol. The van der Waals surface area contributed by atoms with Crippen molar-refractivity contribution < 1.29 is 4.79 Å². The van der Waals surface area contributed by atoms with Crippen molar-refractivity contribution in [2.24, 2.45) is 5.92 Å². The van der Waals surface area contributed by atoms with Gasteiger partial charge in [0.2, 0.25) is 5.91 Å². The molecule has 3 rings (SSSR count). The van der Waals surface area contributed by atoms with Gasteiger partial charge in [-0.1, -0.05) is 19.3 Å². The quantitative estimate of drug-likeness (QED) is 0.800. The summed E-state index contributed by atoms with van der Waals surface area (Å²) in [5.41, 5.74) is 0.586. The maximum absolute atomic E-state index is 12.6. The van der Waals surface area contributed by atoms with Crippen LogP contribution >= 0.6 is 0 Å². The molecule has 1 aliphatic carbocycles. The zero-order valence-corrected chi connectivity index (χ0v) is 15.7. The third-order valence-electron chi connectivity index (χ3n) is 5.77. The van der Waals surface area contributed by atoms with Gasteiger partial charge in [-0.3, -0.25) is 9.59 Å². The van der Waals surface area contributed by atoms with Crippen molar-refractivity contribution in [3.63, 3.8) is 0 Å². The van der Waals surface area contributed by atoms with E-state index in [1.807, 2.05) is 0 Å². The highest BCUT2D eigenvalue weighted by molar-refractivity contribution is 5.79. The van der Waals surface area contributed by atoms with Gasteiger partial charge in [-0.15, -0.1) is 0 Å². The first-order chi connectivity index (χ1) is 12.6. The molecule has 0 unspecified atom stereocenters. The van der Waals surface area contributed by atoms with E-state index in [1.165, 1.54) is 32.1 Å². The van der Waals surface area contributed by atoms with E-state index < -0.39 is 0 Å². The molecule has 1 aromatic rings. The maximum atomic E-state index is 12.6. The van der Waals surface area contributed by atoms with E-state index in [0.29, 0.717) is 19.1 Å². The molecule has 0 radical (unpaired) electrons. The highest BCUT2D eigenvalue weighted by Crippen LogP contribution is 2.22. The van der Waals surface area contributed by atoms with Crippen molar-refractivity contribution in [3.05, 3.63) is 22.6 Å². The zero-order chi connectivity index (χ0) is 18.4. The number of hydrogen-bond acceptors (Lipinski definition) is 5. The predicted octanol–water partition coefficient (Wildman–Crippen LogP) is 1.37. The van der Waals surface area contributed by atoms with Gasteiger partial charge >= 0.3 is 0 Å². The average molecular weight is 361 g/mol. The SMILES string of the molecule is CN(CCNC(=O)[C@@H]1CCCN(c2cn[nH]c(=O)c2)C1)C1CCCCC1. The Labute approximate surface area is 155 Å². The Balaban J connectivity index is 1.44. The lowest BCUT2D eigenvalue weighted by Crippen LogP contribution is -2.45. The molecule has 1 amide bonds. The topological polar surface area (TPSA) is 81.3 Å². The summed E-state index contributed by atoms with van der Waals surface area (Å²) < 4.78 is 0. The fourth-order valence-corrected chi connectivity index (χ4v) is 4.17. The van der Waals surface area contributed by atoms with Gasteiger partial charge in [-0.25, -0.2) is 5.10 Å². The highest BCUT2D eigenvalue weighted by atomic mass is 16.2. The molecule has 144 valence electrons. The van der Waals surface area contributed by atoms with Crippen LogP contribution in [-0.2, 0) is 4.79 Å². The number of likely N-dealkylation sites (N-methyl/N-ethyl adjacent to an activating group) is 1. The van der Waals surface area contributed by atoms with Crippen molar-refractivity contribution >= 4 is 11.6 Å². The first kappa shape index (κ1) is 18.9. The van der Waals surface area contributed by atoms with Gasteiger partial charge in [0.05, 0.1) is 17.8 Å². The molecule has 0 aromatic carbocycles. The molecule has 1 aromatic heterocycles. The van der Waals surface area contributed by atoms with Crippen molar-refractivity contribution in [1.29, 1.82) is 0 Å². The van der Waals surface area contributed by atoms with Gasteiger partial charge in [0.25, 0.3) is 5.56 Å². The van der Waals surface area contributed by atoms with Crippen LogP contribution in [0, 0.1) is 5.92 Å². The normalized spacial score (nSPS) is 21.8. The highest BCUT2D eigenvalue weighted by Gasteiger charge is 2.26. The number of aromatic nitrogens is 2. The number of nitrogens with one attached hydrogen (secondary N) is 2. The lowest BCUT2D eigenvalue weighted by atomic mass is 9.94. The Kier molecular flexibility index (Phi) is 6.66. The van der Waals surface area contributed by atoms with Gasteiger partial charge in [0.15, 0.2) is 0 Å². The number of piperidine rings is 1. The first-order valence-electron chi connectivity index (χ1n) is 9.91. The van der Waals surface area contributed by atoms with Crippen LogP contribution in [0.3, 0.4) is 0 Å². The second-order valence-electron chi connectivity index (χ2n) is 7.65. The molecule has 1 saturated carbocycles. The molecule has 26 heavy (non-hydrogen) atoms. The van der Waals surface area contributed by atoms with E-state index in [1.54, 1.807) is 12.3 Å². The zero-order valence-electron chi connectivity index (χ0n) is 15.7. The second-order valence-corrected chi connectivity index (χ2v) is 7.65. The van der Waals surface area contributed by atoms with Gasteiger partial charge < -0.3 is 15.1 Å². The minimum Gasteiger partial charge on any atom is -0.369 e. The summed E-state index contributed by atoms with van der Waals surface area (Å²) in [5, 5.41) is 9.37. The van der Waals surface area contributed by atoms with Crippen molar-refractivity contribution in [2.45, 2.75) is 51.0 Å². The number of hydrogen-bond donors (Lipinski definition) is 2. The maximum Gasteiger partial charge on any atom is 0.266 e. The molecule has 1 saturated heterocycles. The number of anilines is 1. The Morgan fingerprint density at radius 3 is 2.88 bits per heavy atom. The lowest BCUT2D eigenvalue weighted by molar-refractivity contribution is -0.125. The minimum absolute atomic E-state index is 0.0250.